The van der Waals surface area contributed by atoms with Crippen LogP contribution in [0.1, 0.15) is 12.5 Å². The Morgan fingerprint density at radius 3 is 2.19 bits per heavy atom. The molecule has 5 N–H and O–H groups in total. The van der Waals surface area contributed by atoms with Gasteiger partial charge in [-0.05, 0) is 55.5 Å². The van der Waals surface area contributed by atoms with Gasteiger partial charge in [-0.1, -0.05) is 0 Å². The molecule has 156 valence electrons. The molecule has 31 heavy (non-hydrogen) atoms. The number of nitrogens with zero attached hydrogens (tertiary/aromatic N) is 3. The molecule has 3 rings (SSSR count). The summed E-state index contributed by atoms with van der Waals surface area (Å²) in [6.07, 6.45) is -1.04. The zero-order valence-corrected chi connectivity index (χ0v) is 16.4. The number of carbonyl (C=O) groups is 2. The highest BCUT2D eigenvalue weighted by Crippen LogP contribution is 2.26. The van der Waals surface area contributed by atoms with Crippen molar-refractivity contribution in [3.63, 3.8) is 0 Å². The Balaban J connectivity index is 1.85. The molecule has 2 aromatic carbocycles. The third-order valence-electron chi connectivity index (χ3n) is 4.03. The molecule has 0 saturated carbocycles. The van der Waals surface area contributed by atoms with E-state index in [4.69, 9.17) is 26.2 Å². The number of primary amides is 2. The normalized spacial score (nSPS) is 11.1. The summed E-state index contributed by atoms with van der Waals surface area (Å²) in [4.78, 5) is 31.0. The van der Waals surface area contributed by atoms with Gasteiger partial charge in [0.15, 0.2) is 5.82 Å². The van der Waals surface area contributed by atoms with Gasteiger partial charge in [-0.25, -0.2) is 9.78 Å². The number of nitrogens with two attached hydrogens (primary N) is 2. The van der Waals surface area contributed by atoms with Crippen LogP contribution in [0.3, 0.4) is 0 Å². The lowest BCUT2D eigenvalue weighted by atomic mass is 10.2. The minimum Gasteiger partial charge on any atom is -0.457 e. The molecule has 1 atom stereocenters. The van der Waals surface area contributed by atoms with E-state index in [-0.39, 0.29) is 17.5 Å². The van der Waals surface area contributed by atoms with Crippen molar-refractivity contribution < 1.29 is 19.1 Å². The van der Waals surface area contributed by atoms with Crippen LogP contribution >= 0.6 is 0 Å². The summed E-state index contributed by atoms with van der Waals surface area (Å²) in [6, 6.07) is 16.2. The molecule has 0 unspecified atom stereocenters. The number of rotatable bonds is 7. The number of carbonyl (C=O) groups excluding carboxylic acids is 2. The lowest BCUT2D eigenvalue weighted by Gasteiger charge is -2.13. The Hall–Kier alpha value is -4.65. The van der Waals surface area contributed by atoms with E-state index in [1.54, 1.807) is 55.5 Å². The van der Waals surface area contributed by atoms with Crippen LogP contribution in [-0.4, -0.2) is 28.0 Å². The summed E-state index contributed by atoms with van der Waals surface area (Å²) >= 11 is 0. The molecular formula is C21H18N6O4. The highest BCUT2D eigenvalue weighted by atomic mass is 16.6. The summed E-state index contributed by atoms with van der Waals surface area (Å²) in [5.74, 6) is 0.912. The first kappa shape index (κ1) is 21.1. The Morgan fingerprint density at radius 1 is 1.03 bits per heavy atom. The van der Waals surface area contributed by atoms with Gasteiger partial charge in [0.2, 0.25) is 11.8 Å². The molecule has 0 aliphatic rings. The minimum absolute atomic E-state index is 0.0884. The van der Waals surface area contributed by atoms with E-state index in [0.29, 0.717) is 22.6 Å². The van der Waals surface area contributed by atoms with Crippen LogP contribution < -0.4 is 26.3 Å². The van der Waals surface area contributed by atoms with E-state index < -0.39 is 18.0 Å². The maximum absolute atomic E-state index is 11.3. The van der Waals surface area contributed by atoms with E-state index in [0.717, 1.165) is 0 Å². The first-order valence-corrected chi connectivity index (χ1v) is 9.04. The smallest absolute Gasteiger partial charge is 0.411 e. The fraction of sp³-hybridized carbons (Fsp3) is 0.0952. The van der Waals surface area contributed by atoms with Crippen molar-refractivity contribution in [2.45, 2.75) is 13.0 Å². The first-order valence-electron chi connectivity index (χ1n) is 9.04. The zero-order valence-electron chi connectivity index (χ0n) is 16.4. The zero-order chi connectivity index (χ0) is 22.4. The number of anilines is 1. The lowest BCUT2D eigenvalue weighted by molar-refractivity contribution is -0.118. The van der Waals surface area contributed by atoms with E-state index in [9.17, 15) is 9.59 Å². The Morgan fingerprint density at radius 2 is 1.65 bits per heavy atom. The fourth-order valence-corrected chi connectivity index (χ4v) is 2.48. The number of benzene rings is 2. The van der Waals surface area contributed by atoms with Gasteiger partial charge in [0, 0.05) is 11.6 Å². The van der Waals surface area contributed by atoms with Gasteiger partial charge in [0.05, 0.1) is 11.6 Å². The molecule has 0 fully saturated rings. The van der Waals surface area contributed by atoms with E-state index >= 15 is 0 Å². The number of hydrogen-bond acceptors (Lipinski definition) is 8. The Bertz CT molecular complexity index is 1140. The summed E-state index contributed by atoms with van der Waals surface area (Å²) in [5.41, 5.74) is 11.5. The fourth-order valence-electron chi connectivity index (χ4n) is 2.48. The molecule has 2 amide bonds. The summed E-state index contributed by atoms with van der Waals surface area (Å²) in [5, 5.41) is 11.7. The van der Waals surface area contributed by atoms with Crippen molar-refractivity contribution in [2.75, 3.05) is 5.32 Å². The minimum atomic E-state index is -1.04. The van der Waals surface area contributed by atoms with Gasteiger partial charge in [0.1, 0.15) is 23.4 Å². The van der Waals surface area contributed by atoms with Crippen molar-refractivity contribution in [1.82, 2.24) is 9.97 Å². The maximum Gasteiger partial charge on any atom is 0.411 e. The monoisotopic (exact) mass is 418 g/mol. The molecule has 0 radical (unpaired) electrons. The van der Waals surface area contributed by atoms with Crippen LogP contribution in [0.25, 0.3) is 11.4 Å². The molecule has 0 bridgehead atoms. The quantitative estimate of drug-likeness (QED) is 0.526. The number of ether oxygens (including phenoxy) is 2. The van der Waals surface area contributed by atoms with Gasteiger partial charge in [-0.3, -0.25) is 4.79 Å². The van der Waals surface area contributed by atoms with E-state index in [1.165, 1.54) is 6.07 Å². The van der Waals surface area contributed by atoms with E-state index in [1.807, 2.05) is 6.07 Å². The Labute approximate surface area is 177 Å². The van der Waals surface area contributed by atoms with Crippen LogP contribution in [0.2, 0.25) is 0 Å². The number of amides is 2. The van der Waals surface area contributed by atoms with Crippen molar-refractivity contribution in [2.24, 2.45) is 11.5 Å². The third-order valence-corrected chi connectivity index (χ3v) is 4.03. The Kier molecular flexibility index (Phi) is 6.27. The van der Waals surface area contributed by atoms with Crippen LogP contribution in [0.5, 0.6) is 17.4 Å². The maximum atomic E-state index is 11.3. The largest absolute Gasteiger partial charge is 0.457 e. The number of nitrogens with one attached hydrogen (secondary N) is 1. The van der Waals surface area contributed by atoms with Gasteiger partial charge >= 0.3 is 6.09 Å². The van der Waals surface area contributed by atoms with Crippen molar-refractivity contribution in [3.8, 4) is 34.8 Å². The molecule has 3 aromatic rings. The summed E-state index contributed by atoms with van der Waals surface area (Å²) < 4.78 is 10.6. The van der Waals surface area contributed by atoms with E-state index in [2.05, 4.69) is 15.3 Å². The van der Waals surface area contributed by atoms with Gasteiger partial charge < -0.3 is 26.3 Å². The topological polar surface area (TPSA) is 166 Å². The molecule has 1 heterocycles. The van der Waals surface area contributed by atoms with Gasteiger partial charge in [-0.2, -0.15) is 10.2 Å². The lowest BCUT2D eigenvalue weighted by Crippen LogP contribution is -2.32. The first-order chi connectivity index (χ1) is 14.8. The molecule has 0 saturated heterocycles. The van der Waals surface area contributed by atoms with Crippen molar-refractivity contribution in [1.29, 1.82) is 5.26 Å². The van der Waals surface area contributed by atoms with Crippen molar-refractivity contribution in [3.05, 3.63) is 60.2 Å². The second kappa shape index (κ2) is 9.23. The number of aromatic nitrogens is 2. The molecule has 10 heteroatoms. The number of hydrogen-bond donors (Lipinski definition) is 3. The average Bonchev–Trinajstić information content (AvgIpc) is 2.74. The van der Waals surface area contributed by atoms with Crippen LogP contribution in [0.4, 0.5) is 10.6 Å². The van der Waals surface area contributed by atoms with Gasteiger partial charge in [-0.15, -0.1) is 0 Å². The predicted molar refractivity (Wildman–Crippen MR) is 111 cm³/mol. The average molecular weight is 418 g/mol. The van der Waals surface area contributed by atoms with Gasteiger partial charge in [0.25, 0.3) is 0 Å². The molecule has 0 spiro atoms. The summed E-state index contributed by atoms with van der Waals surface area (Å²) in [7, 11) is 0. The molecule has 10 nitrogen and oxygen atoms in total. The number of nitriles is 1. The van der Waals surface area contributed by atoms with Crippen LogP contribution in [0.15, 0.2) is 54.6 Å². The molecule has 1 aromatic heterocycles. The summed E-state index contributed by atoms with van der Waals surface area (Å²) in [6.45, 7) is 1.56. The SMILES string of the molecule is C[C@H](Nc1cc(OC(N)=O)nc(-c2ccc(Oc3ccc(C#N)cc3)cc2)n1)C(N)=O. The molecule has 0 aliphatic heterocycles. The van der Waals surface area contributed by atoms with Crippen molar-refractivity contribution >= 4 is 17.8 Å². The van der Waals surface area contributed by atoms with Crippen LogP contribution in [-0.2, 0) is 4.79 Å². The van der Waals surface area contributed by atoms with Crippen LogP contribution in [0, 0.1) is 11.3 Å². The second-order valence-electron chi connectivity index (χ2n) is 6.37. The molecular weight excluding hydrogens is 400 g/mol. The highest BCUT2D eigenvalue weighted by Gasteiger charge is 2.14. The standard InChI is InChI=1S/C21H18N6O4/c1-12(19(23)28)25-17-10-18(31-21(24)29)27-20(26-17)14-4-8-16(9-5-14)30-15-6-2-13(11-22)3-7-15/h2-10,12H,1H3,(H2,23,28)(H2,24,29)(H,25,26,27)/t12-/m0/s1. The third kappa shape index (κ3) is 5.68. The second-order valence-corrected chi connectivity index (χ2v) is 6.37. The predicted octanol–water partition coefficient (Wildman–Crippen LogP) is 2.55. The highest BCUT2D eigenvalue weighted by molar-refractivity contribution is 5.82. The molecule has 0 aliphatic carbocycles.